The third-order valence-electron chi connectivity index (χ3n) is 4.71. The summed E-state index contributed by atoms with van der Waals surface area (Å²) in [5, 5.41) is 2.99. The van der Waals surface area contributed by atoms with E-state index in [4.69, 9.17) is 4.74 Å². The van der Waals surface area contributed by atoms with Crippen molar-refractivity contribution in [1.29, 1.82) is 0 Å². The molecule has 1 saturated heterocycles. The van der Waals surface area contributed by atoms with Gasteiger partial charge in [0.25, 0.3) is 0 Å². The van der Waals surface area contributed by atoms with Crippen LogP contribution < -0.4 is 10.2 Å². The molecule has 6 heteroatoms. The van der Waals surface area contributed by atoms with E-state index in [-0.39, 0.29) is 17.9 Å². The molecule has 1 aliphatic rings. The molecule has 1 N–H and O–H groups in total. The van der Waals surface area contributed by atoms with Gasteiger partial charge in [-0.05, 0) is 71.7 Å². The van der Waals surface area contributed by atoms with E-state index in [0.29, 0.717) is 13.1 Å². The van der Waals surface area contributed by atoms with Gasteiger partial charge in [-0.1, -0.05) is 0 Å². The lowest BCUT2D eigenvalue weighted by Crippen LogP contribution is -2.45. The number of likely N-dealkylation sites (tertiary alicyclic amines) is 1. The topological polar surface area (TPSA) is 61.9 Å². The molecule has 0 aromatic heterocycles. The second-order valence-corrected chi connectivity index (χ2v) is 7.97. The number of nitrogens with one attached hydrogen (secondary N) is 1. The average molecular weight is 376 g/mol. The van der Waals surface area contributed by atoms with Gasteiger partial charge in [-0.15, -0.1) is 0 Å². The van der Waals surface area contributed by atoms with Gasteiger partial charge in [0.15, 0.2) is 0 Å². The van der Waals surface area contributed by atoms with Gasteiger partial charge < -0.3 is 19.9 Å². The van der Waals surface area contributed by atoms with Crippen LogP contribution in [-0.4, -0.2) is 48.7 Å². The van der Waals surface area contributed by atoms with Crippen LogP contribution in [0, 0.1) is 5.92 Å². The molecule has 1 heterocycles. The van der Waals surface area contributed by atoms with Crippen molar-refractivity contribution in [1.82, 2.24) is 4.90 Å². The minimum Gasteiger partial charge on any atom is -0.444 e. The standard InChI is InChI=1S/C21H33N3O3/c1-6-23(7-2)18-12-10-17(11-13-18)22-19(25)16-9-8-14-24(15-16)20(26)27-21(3,4)5/h10-13,16H,6-9,14-15H2,1-5H3,(H,22,25). The van der Waals surface area contributed by atoms with Crippen LogP contribution in [-0.2, 0) is 9.53 Å². The van der Waals surface area contributed by atoms with E-state index in [1.807, 2.05) is 45.0 Å². The van der Waals surface area contributed by atoms with Gasteiger partial charge in [0, 0.05) is 37.6 Å². The number of rotatable bonds is 5. The average Bonchev–Trinajstić information content (AvgIpc) is 2.63. The summed E-state index contributed by atoms with van der Waals surface area (Å²) < 4.78 is 5.43. The molecule has 1 fully saturated rings. The lowest BCUT2D eigenvalue weighted by atomic mass is 9.97. The van der Waals surface area contributed by atoms with Crippen molar-refractivity contribution in [2.75, 3.05) is 36.4 Å². The van der Waals surface area contributed by atoms with Gasteiger partial charge in [0.05, 0.1) is 5.92 Å². The molecule has 27 heavy (non-hydrogen) atoms. The highest BCUT2D eigenvalue weighted by Gasteiger charge is 2.31. The van der Waals surface area contributed by atoms with Gasteiger partial charge >= 0.3 is 6.09 Å². The Morgan fingerprint density at radius 2 is 1.81 bits per heavy atom. The third kappa shape index (κ3) is 6.15. The van der Waals surface area contributed by atoms with Gasteiger partial charge in [-0.2, -0.15) is 0 Å². The van der Waals surface area contributed by atoms with Crippen molar-refractivity contribution in [3.8, 4) is 0 Å². The summed E-state index contributed by atoms with van der Waals surface area (Å²) in [7, 11) is 0. The number of anilines is 2. The van der Waals surface area contributed by atoms with Crippen molar-refractivity contribution in [2.24, 2.45) is 5.92 Å². The summed E-state index contributed by atoms with van der Waals surface area (Å²) in [6, 6.07) is 7.91. The third-order valence-corrected chi connectivity index (χ3v) is 4.71. The Balaban J connectivity index is 1.94. The Labute approximate surface area is 162 Å². The smallest absolute Gasteiger partial charge is 0.410 e. The van der Waals surface area contributed by atoms with Gasteiger partial charge in [0.1, 0.15) is 5.60 Å². The van der Waals surface area contributed by atoms with Crippen LogP contribution in [0.5, 0.6) is 0 Å². The Hall–Kier alpha value is -2.24. The van der Waals surface area contributed by atoms with Gasteiger partial charge in [0.2, 0.25) is 5.91 Å². The first-order valence-corrected chi connectivity index (χ1v) is 9.87. The number of hydrogen-bond donors (Lipinski definition) is 1. The minimum absolute atomic E-state index is 0.0427. The number of nitrogens with zero attached hydrogens (tertiary/aromatic N) is 2. The van der Waals surface area contributed by atoms with Crippen LogP contribution in [0.15, 0.2) is 24.3 Å². The maximum absolute atomic E-state index is 12.7. The molecular formula is C21H33N3O3. The molecule has 0 aliphatic carbocycles. The predicted molar refractivity (Wildman–Crippen MR) is 109 cm³/mol. The zero-order valence-corrected chi connectivity index (χ0v) is 17.2. The molecule has 6 nitrogen and oxygen atoms in total. The lowest BCUT2D eigenvalue weighted by Gasteiger charge is -2.33. The summed E-state index contributed by atoms with van der Waals surface area (Å²) in [5.74, 6) is -0.257. The molecule has 0 radical (unpaired) electrons. The largest absolute Gasteiger partial charge is 0.444 e. The number of carbonyl (C=O) groups is 2. The summed E-state index contributed by atoms with van der Waals surface area (Å²) in [6.07, 6.45) is 1.24. The minimum atomic E-state index is -0.529. The van der Waals surface area contributed by atoms with E-state index in [2.05, 4.69) is 24.1 Å². The Bertz CT molecular complexity index is 633. The number of ether oxygens (including phenoxy) is 1. The Kier molecular flexibility index (Phi) is 7.11. The highest BCUT2D eigenvalue weighted by molar-refractivity contribution is 5.93. The van der Waals surface area contributed by atoms with Crippen LogP contribution in [0.2, 0.25) is 0 Å². The van der Waals surface area contributed by atoms with Crippen molar-refractivity contribution in [3.63, 3.8) is 0 Å². The second kappa shape index (κ2) is 9.11. The zero-order chi connectivity index (χ0) is 20.0. The normalized spacial score (nSPS) is 17.4. The molecule has 0 saturated carbocycles. The first-order valence-electron chi connectivity index (χ1n) is 9.87. The first kappa shape index (κ1) is 21.1. The SMILES string of the molecule is CCN(CC)c1ccc(NC(=O)C2CCCN(C(=O)OC(C)(C)C)C2)cc1. The molecule has 2 rings (SSSR count). The fraction of sp³-hybridized carbons (Fsp3) is 0.619. The molecule has 1 aromatic carbocycles. The van der Waals surface area contributed by atoms with Crippen LogP contribution >= 0.6 is 0 Å². The van der Waals surface area contributed by atoms with Crippen LogP contribution in [0.1, 0.15) is 47.5 Å². The maximum Gasteiger partial charge on any atom is 0.410 e. The monoisotopic (exact) mass is 375 g/mol. The highest BCUT2D eigenvalue weighted by Crippen LogP contribution is 2.22. The van der Waals surface area contributed by atoms with Crippen molar-refractivity contribution >= 4 is 23.4 Å². The number of amides is 2. The van der Waals surface area contributed by atoms with Crippen LogP contribution in [0.3, 0.4) is 0 Å². The maximum atomic E-state index is 12.7. The molecule has 150 valence electrons. The van der Waals surface area contributed by atoms with E-state index in [0.717, 1.165) is 37.3 Å². The molecule has 1 unspecified atom stereocenters. The van der Waals surface area contributed by atoms with E-state index in [1.165, 1.54) is 0 Å². The quantitative estimate of drug-likeness (QED) is 0.841. The molecular weight excluding hydrogens is 342 g/mol. The number of benzene rings is 1. The van der Waals surface area contributed by atoms with Gasteiger partial charge in [-0.3, -0.25) is 4.79 Å². The van der Waals surface area contributed by atoms with Crippen molar-refractivity contribution in [2.45, 2.75) is 53.1 Å². The number of carbonyl (C=O) groups excluding carboxylic acids is 2. The number of piperidine rings is 1. The number of hydrogen-bond acceptors (Lipinski definition) is 4. The molecule has 0 bridgehead atoms. The van der Waals surface area contributed by atoms with E-state index < -0.39 is 5.60 Å². The predicted octanol–water partition coefficient (Wildman–Crippen LogP) is 4.12. The molecule has 0 spiro atoms. The summed E-state index contributed by atoms with van der Waals surface area (Å²) in [6.45, 7) is 12.7. The molecule has 1 atom stereocenters. The first-order chi connectivity index (χ1) is 12.7. The van der Waals surface area contributed by atoms with E-state index in [9.17, 15) is 9.59 Å². The second-order valence-electron chi connectivity index (χ2n) is 7.97. The zero-order valence-electron chi connectivity index (χ0n) is 17.2. The van der Waals surface area contributed by atoms with Gasteiger partial charge in [-0.25, -0.2) is 4.79 Å². The fourth-order valence-electron chi connectivity index (χ4n) is 3.27. The van der Waals surface area contributed by atoms with Crippen molar-refractivity contribution < 1.29 is 14.3 Å². The van der Waals surface area contributed by atoms with E-state index in [1.54, 1.807) is 4.90 Å². The molecule has 2 amide bonds. The van der Waals surface area contributed by atoms with Crippen LogP contribution in [0.25, 0.3) is 0 Å². The highest BCUT2D eigenvalue weighted by atomic mass is 16.6. The van der Waals surface area contributed by atoms with Crippen molar-refractivity contribution in [3.05, 3.63) is 24.3 Å². The Morgan fingerprint density at radius 1 is 1.19 bits per heavy atom. The Morgan fingerprint density at radius 3 is 2.37 bits per heavy atom. The molecule has 1 aliphatic heterocycles. The summed E-state index contributed by atoms with van der Waals surface area (Å²) in [4.78, 5) is 28.8. The fourth-order valence-corrected chi connectivity index (χ4v) is 3.27. The summed E-state index contributed by atoms with van der Waals surface area (Å²) >= 11 is 0. The molecule has 1 aromatic rings. The summed E-state index contributed by atoms with van der Waals surface area (Å²) in [5.41, 5.74) is 1.40. The van der Waals surface area contributed by atoms with Crippen LogP contribution in [0.4, 0.5) is 16.2 Å². The van der Waals surface area contributed by atoms with E-state index >= 15 is 0 Å². The lowest BCUT2D eigenvalue weighted by molar-refractivity contribution is -0.121.